The molecule has 9 heavy (non-hydrogen) atoms. The summed E-state index contributed by atoms with van der Waals surface area (Å²) in [5, 5.41) is 0. The van der Waals surface area contributed by atoms with E-state index in [9.17, 15) is 8.42 Å². The van der Waals surface area contributed by atoms with Gasteiger partial charge in [0.05, 0.1) is 6.26 Å². The van der Waals surface area contributed by atoms with Crippen LogP contribution in [0.15, 0.2) is 11.8 Å². The summed E-state index contributed by atoms with van der Waals surface area (Å²) in [4.78, 5) is 0. The molecule has 0 spiro atoms. The number of hydrogen-bond donors (Lipinski definition) is 1. The van der Waals surface area contributed by atoms with Crippen molar-refractivity contribution in [3.05, 3.63) is 11.8 Å². The fourth-order valence-electron chi connectivity index (χ4n) is 0.351. The normalized spacial score (nSPS) is 13.4. The zero-order chi connectivity index (χ0) is 7.49. The van der Waals surface area contributed by atoms with E-state index in [0.29, 0.717) is 5.70 Å². The second-order valence-corrected chi connectivity index (χ2v) is 3.59. The van der Waals surface area contributed by atoms with Crippen LogP contribution in [0.2, 0.25) is 0 Å². The van der Waals surface area contributed by atoms with Gasteiger partial charge < -0.3 is 0 Å². The van der Waals surface area contributed by atoms with E-state index >= 15 is 0 Å². The molecule has 0 fully saturated rings. The van der Waals surface area contributed by atoms with Crippen molar-refractivity contribution in [1.82, 2.24) is 4.72 Å². The maximum atomic E-state index is 10.4. The number of nitrogens with one attached hydrogen (secondary N) is 1. The third-order valence-corrected chi connectivity index (χ3v) is 1.47. The molecule has 0 saturated heterocycles. The first-order valence-corrected chi connectivity index (χ1v) is 4.45. The second kappa shape index (κ2) is 2.87. The summed E-state index contributed by atoms with van der Waals surface area (Å²) in [5.74, 6) is 0. The van der Waals surface area contributed by atoms with Gasteiger partial charge in [0.25, 0.3) is 0 Å². The summed E-state index contributed by atoms with van der Waals surface area (Å²) in [5.41, 5.74) is 0.650. The summed E-state index contributed by atoms with van der Waals surface area (Å²) in [6, 6.07) is 0. The topological polar surface area (TPSA) is 46.2 Å². The molecular formula is C5H11NO2S. The second-order valence-electron chi connectivity index (χ2n) is 1.85. The van der Waals surface area contributed by atoms with Crippen molar-refractivity contribution >= 4 is 10.0 Å². The van der Waals surface area contributed by atoms with E-state index in [1.54, 1.807) is 19.9 Å². The molecule has 0 aromatic rings. The van der Waals surface area contributed by atoms with Crippen molar-refractivity contribution in [2.75, 3.05) is 6.26 Å². The van der Waals surface area contributed by atoms with Gasteiger partial charge in [0.1, 0.15) is 0 Å². The highest BCUT2D eigenvalue weighted by molar-refractivity contribution is 7.88. The van der Waals surface area contributed by atoms with Crippen LogP contribution < -0.4 is 4.72 Å². The van der Waals surface area contributed by atoms with Gasteiger partial charge >= 0.3 is 0 Å². The van der Waals surface area contributed by atoms with Gasteiger partial charge in [-0.05, 0) is 13.8 Å². The lowest BCUT2D eigenvalue weighted by molar-refractivity contribution is 0.594. The Morgan fingerprint density at radius 3 is 2.11 bits per heavy atom. The largest absolute Gasteiger partial charge is 0.288 e. The molecule has 0 aromatic carbocycles. The maximum Gasteiger partial charge on any atom is 0.229 e. The standard InChI is InChI=1S/C5H11NO2S/c1-4-5(2)6-9(3,7)8/h4,6H,1-3H3/b5-4+. The molecule has 4 heteroatoms. The highest BCUT2D eigenvalue weighted by atomic mass is 32.2. The average molecular weight is 149 g/mol. The van der Waals surface area contributed by atoms with Crippen molar-refractivity contribution in [3.8, 4) is 0 Å². The number of rotatable bonds is 2. The molecule has 54 valence electrons. The SMILES string of the molecule is C/C=C(\C)NS(C)(=O)=O. The van der Waals surface area contributed by atoms with E-state index in [1.165, 1.54) is 0 Å². The van der Waals surface area contributed by atoms with Crippen LogP contribution in [0.3, 0.4) is 0 Å². The van der Waals surface area contributed by atoms with Gasteiger partial charge in [-0.15, -0.1) is 0 Å². The van der Waals surface area contributed by atoms with E-state index in [-0.39, 0.29) is 0 Å². The zero-order valence-corrected chi connectivity index (χ0v) is 6.62. The van der Waals surface area contributed by atoms with Gasteiger partial charge in [0.2, 0.25) is 10.0 Å². The van der Waals surface area contributed by atoms with Crippen molar-refractivity contribution < 1.29 is 8.42 Å². The minimum atomic E-state index is -3.05. The molecule has 0 atom stereocenters. The van der Waals surface area contributed by atoms with Crippen molar-refractivity contribution in [2.45, 2.75) is 13.8 Å². The van der Waals surface area contributed by atoms with Crippen molar-refractivity contribution in [3.63, 3.8) is 0 Å². The Labute approximate surface area is 55.8 Å². The zero-order valence-electron chi connectivity index (χ0n) is 5.80. The molecule has 0 aromatic heterocycles. The number of hydrogen-bond acceptors (Lipinski definition) is 2. The molecule has 0 aliphatic carbocycles. The number of sulfonamides is 1. The first kappa shape index (κ1) is 8.49. The van der Waals surface area contributed by atoms with Crippen LogP contribution in [0.4, 0.5) is 0 Å². The van der Waals surface area contributed by atoms with Gasteiger partial charge in [-0.25, -0.2) is 8.42 Å². The molecule has 0 bridgehead atoms. The highest BCUT2D eigenvalue weighted by Gasteiger charge is 1.96. The van der Waals surface area contributed by atoms with Crippen LogP contribution in [-0.2, 0) is 10.0 Å². The van der Waals surface area contributed by atoms with Gasteiger partial charge in [0, 0.05) is 5.70 Å². The Morgan fingerprint density at radius 2 is 2.00 bits per heavy atom. The third-order valence-electron chi connectivity index (χ3n) is 0.779. The third kappa shape index (κ3) is 5.36. The van der Waals surface area contributed by atoms with Gasteiger partial charge in [0.15, 0.2) is 0 Å². The number of allylic oxidation sites excluding steroid dienone is 2. The molecule has 0 aliphatic heterocycles. The highest BCUT2D eigenvalue weighted by Crippen LogP contribution is 1.86. The van der Waals surface area contributed by atoms with Crippen LogP contribution in [0, 0.1) is 0 Å². The van der Waals surface area contributed by atoms with Crippen LogP contribution in [0.1, 0.15) is 13.8 Å². The van der Waals surface area contributed by atoms with Crippen molar-refractivity contribution in [1.29, 1.82) is 0 Å². The van der Waals surface area contributed by atoms with Crippen LogP contribution >= 0.6 is 0 Å². The van der Waals surface area contributed by atoms with Crippen LogP contribution in [-0.4, -0.2) is 14.7 Å². The molecule has 3 nitrogen and oxygen atoms in total. The minimum absolute atomic E-state index is 0.650. The lowest BCUT2D eigenvalue weighted by Crippen LogP contribution is -2.19. The van der Waals surface area contributed by atoms with E-state index in [2.05, 4.69) is 4.72 Å². The predicted molar refractivity (Wildman–Crippen MR) is 37.4 cm³/mol. The van der Waals surface area contributed by atoms with Gasteiger partial charge in [-0.1, -0.05) is 6.08 Å². The fourth-order valence-corrected chi connectivity index (χ4v) is 1.05. The Kier molecular flexibility index (Phi) is 2.70. The molecule has 0 saturated carbocycles. The summed E-state index contributed by atoms with van der Waals surface area (Å²) in [6.45, 7) is 3.47. The maximum absolute atomic E-state index is 10.4. The summed E-state index contributed by atoms with van der Waals surface area (Å²) >= 11 is 0. The monoisotopic (exact) mass is 149 g/mol. The summed E-state index contributed by atoms with van der Waals surface area (Å²) in [6.07, 6.45) is 2.82. The molecule has 0 aliphatic rings. The van der Waals surface area contributed by atoms with Crippen LogP contribution in [0.5, 0.6) is 0 Å². The minimum Gasteiger partial charge on any atom is -0.288 e. The Bertz CT molecular complexity index is 203. The lowest BCUT2D eigenvalue weighted by Gasteiger charge is -2.00. The first-order valence-electron chi connectivity index (χ1n) is 2.56. The lowest BCUT2D eigenvalue weighted by atomic mass is 10.5. The summed E-state index contributed by atoms with van der Waals surface area (Å²) in [7, 11) is -3.05. The average Bonchev–Trinajstić information content (AvgIpc) is 1.62. The van der Waals surface area contributed by atoms with Crippen molar-refractivity contribution in [2.24, 2.45) is 0 Å². The molecule has 1 N–H and O–H groups in total. The Morgan fingerprint density at radius 1 is 1.56 bits per heavy atom. The molecular weight excluding hydrogens is 138 g/mol. The van der Waals surface area contributed by atoms with E-state index in [0.717, 1.165) is 6.26 Å². The van der Waals surface area contributed by atoms with Gasteiger partial charge in [-0.2, -0.15) is 0 Å². The molecule has 0 amide bonds. The molecule has 0 radical (unpaired) electrons. The first-order chi connectivity index (χ1) is 3.95. The smallest absolute Gasteiger partial charge is 0.229 e. The predicted octanol–water partition coefficient (Wildman–Crippen LogP) is 0.459. The molecule has 0 unspecified atom stereocenters. The van der Waals surface area contributed by atoms with E-state index in [4.69, 9.17) is 0 Å². The van der Waals surface area contributed by atoms with Crippen LogP contribution in [0.25, 0.3) is 0 Å². The molecule has 0 rings (SSSR count). The van der Waals surface area contributed by atoms with E-state index in [1.807, 2.05) is 0 Å². The van der Waals surface area contributed by atoms with Gasteiger partial charge in [-0.3, -0.25) is 4.72 Å². The fraction of sp³-hybridized carbons (Fsp3) is 0.600. The Hall–Kier alpha value is -0.510. The summed E-state index contributed by atoms with van der Waals surface area (Å²) < 4.78 is 23.2. The quantitative estimate of drug-likeness (QED) is 0.620. The Balaban J connectivity index is 4.07. The van der Waals surface area contributed by atoms with E-state index < -0.39 is 10.0 Å². The molecule has 0 heterocycles.